The standard InChI is InChI=1S/C15H20N2O3/c16-13(11-4-2-1-3-5-11)8-9-14(18)17(10-15(19)20)12-6-7-12/h1-5,12-13H,6-10,16H2,(H,19,20). The summed E-state index contributed by atoms with van der Waals surface area (Å²) in [5.74, 6) is -1.07. The van der Waals surface area contributed by atoms with E-state index in [2.05, 4.69) is 0 Å². The molecular formula is C15H20N2O3. The second kappa shape index (κ2) is 6.52. The fraction of sp³-hybridized carbons (Fsp3) is 0.467. The number of nitrogens with two attached hydrogens (primary N) is 1. The number of benzene rings is 1. The highest BCUT2D eigenvalue weighted by Crippen LogP contribution is 2.28. The molecule has 1 amide bonds. The predicted octanol–water partition coefficient (Wildman–Crippen LogP) is 1.54. The lowest BCUT2D eigenvalue weighted by Crippen LogP contribution is -2.37. The molecule has 0 saturated heterocycles. The maximum atomic E-state index is 12.1. The van der Waals surface area contributed by atoms with Gasteiger partial charge in [-0.25, -0.2) is 0 Å². The number of nitrogens with zero attached hydrogens (tertiary/aromatic N) is 1. The van der Waals surface area contributed by atoms with Crippen molar-refractivity contribution in [2.24, 2.45) is 5.73 Å². The number of carbonyl (C=O) groups excluding carboxylic acids is 1. The molecule has 20 heavy (non-hydrogen) atoms. The summed E-state index contributed by atoms with van der Waals surface area (Å²) in [5, 5.41) is 8.85. The largest absolute Gasteiger partial charge is 0.480 e. The Kier molecular flexibility index (Phi) is 4.74. The van der Waals surface area contributed by atoms with E-state index in [1.807, 2.05) is 30.3 Å². The van der Waals surface area contributed by atoms with Gasteiger partial charge < -0.3 is 15.7 Å². The van der Waals surface area contributed by atoms with Gasteiger partial charge >= 0.3 is 5.97 Å². The summed E-state index contributed by atoms with van der Waals surface area (Å²) in [5.41, 5.74) is 7.05. The van der Waals surface area contributed by atoms with Crippen molar-refractivity contribution in [1.82, 2.24) is 4.90 Å². The van der Waals surface area contributed by atoms with Gasteiger partial charge in [-0.1, -0.05) is 30.3 Å². The van der Waals surface area contributed by atoms with Gasteiger partial charge in [0.2, 0.25) is 5.91 Å². The first-order valence-electron chi connectivity index (χ1n) is 6.89. The lowest BCUT2D eigenvalue weighted by Gasteiger charge is -2.21. The fourth-order valence-electron chi connectivity index (χ4n) is 2.24. The second-order valence-corrected chi connectivity index (χ2v) is 5.20. The zero-order valence-electron chi connectivity index (χ0n) is 11.4. The first-order chi connectivity index (χ1) is 9.58. The van der Waals surface area contributed by atoms with Crippen LogP contribution in [-0.2, 0) is 9.59 Å². The van der Waals surface area contributed by atoms with E-state index in [0.717, 1.165) is 18.4 Å². The summed E-state index contributed by atoms with van der Waals surface area (Å²) >= 11 is 0. The topological polar surface area (TPSA) is 83.6 Å². The summed E-state index contributed by atoms with van der Waals surface area (Å²) in [4.78, 5) is 24.4. The van der Waals surface area contributed by atoms with Crippen molar-refractivity contribution < 1.29 is 14.7 Å². The highest BCUT2D eigenvalue weighted by atomic mass is 16.4. The van der Waals surface area contributed by atoms with Crippen LogP contribution in [0.2, 0.25) is 0 Å². The van der Waals surface area contributed by atoms with E-state index in [1.54, 1.807) is 0 Å². The second-order valence-electron chi connectivity index (χ2n) is 5.20. The van der Waals surface area contributed by atoms with Crippen LogP contribution in [0.1, 0.15) is 37.3 Å². The summed E-state index contributed by atoms with van der Waals surface area (Å²) in [6.07, 6.45) is 2.64. The van der Waals surface area contributed by atoms with Crippen LogP contribution >= 0.6 is 0 Å². The molecule has 0 heterocycles. The summed E-state index contributed by atoms with van der Waals surface area (Å²) in [6.45, 7) is -0.204. The summed E-state index contributed by atoms with van der Waals surface area (Å²) < 4.78 is 0. The van der Waals surface area contributed by atoms with Crippen LogP contribution in [0.4, 0.5) is 0 Å². The van der Waals surface area contributed by atoms with Crippen molar-refractivity contribution in [1.29, 1.82) is 0 Å². The molecule has 3 N–H and O–H groups in total. The smallest absolute Gasteiger partial charge is 0.323 e. The molecule has 1 atom stereocenters. The Hall–Kier alpha value is -1.88. The van der Waals surface area contributed by atoms with Crippen LogP contribution < -0.4 is 5.73 Å². The molecule has 5 nitrogen and oxygen atoms in total. The molecule has 2 rings (SSSR count). The zero-order valence-corrected chi connectivity index (χ0v) is 11.4. The van der Waals surface area contributed by atoms with Crippen LogP contribution in [0.5, 0.6) is 0 Å². The normalized spacial score (nSPS) is 15.7. The van der Waals surface area contributed by atoms with Crippen LogP contribution in [0.3, 0.4) is 0 Å². The third-order valence-electron chi connectivity index (χ3n) is 3.51. The molecule has 0 bridgehead atoms. The number of carboxylic acids is 1. The molecule has 1 aromatic rings. The number of amides is 1. The van der Waals surface area contributed by atoms with E-state index < -0.39 is 5.97 Å². The Morgan fingerprint density at radius 2 is 1.95 bits per heavy atom. The lowest BCUT2D eigenvalue weighted by molar-refractivity contribution is -0.145. The molecule has 0 aromatic heterocycles. The third-order valence-corrected chi connectivity index (χ3v) is 3.51. The number of carbonyl (C=O) groups is 2. The fourth-order valence-corrected chi connectivity index (χ4v) is 2.24. The van der Waals surface area contributed by atoms with Gasteiger partial charge in [-0.2, -0.15) is 0 Å². The molecule has 1 aromatic carbocycles. The van der Waals surface area contributed by atoms with Gasteiger partial charge in [-0.05, 0) is 24.8 Å². The molecule has 1 saturated carbocycles. The number of hydrogen-bond acceptors (Lipinski definition) is 3. The molecule has 1 fully saturated rings. The molecule has 1 unspecified atom stereocenters. The van der Waals surface area contributed by atoms with E-state index in [0.29, 0.717) is 12.8 Å². The van der Waals surface area contributed by atoms with Crippen LogP contribution in [0.25, 0.3) is 0 Å². The van der Waals surface area contributed by atoms with Crippen molar-refractivity contribution in [3.05, 3.63) is 35.9 Å². The van der Waals surface area contributed by atoms with Crippen molar-refractivity contribution >= 4 is 11.9 Å². The third kappa shape index (κ3) is 4.06. The summed E-state index contributed by atoms with van der Waals surface area (Å²) in [6, 6.07) is 9.55. The molecule has 0 aliphatic heterocycles. The van der Waals surface area contributed by atoms with E-state index in [4.69, 9.17) is 10.8 Å². The van der Waals surface area contributed by atoms with Gasteiger partial charge in [0.1, 0.15) is 6.54 Å². The van der Waals surface area contributed by atoms with Gasteiger partial charge in [0.25, 0.3) is 0 Å². The quantitative estimate of drug-likeness (QED) is 0.791. The minimum atomic E-state index is -0.961. The van der Waals surface area contributed by atoms with Gasteiger partial charge in [-0.3, -0.25) is 9.59 Å². The average molecular weight is 276 g/mol. The Morgan fingerprint density at radius 1 is 1.30 bits per heavy atom. The van der Waals surface area contributed by atoms with E-state index >= 15 is 0 Å². The van der Waals surface area contributed by atoms with Crippen molar-refractivity contribution in [2.75, 3.05) is 6.54 Å². The molecule has 1 aliphatic rings. The Balaban J connectivity index is 1.85. The Morgan fingerprint density at radius 3 is 2.50 bits per heavy atom. The Labute approximate surface area is 118 Å². The van der Waals surface area contributed by atoms with Gasteiger partial charge in [0.05, 0.1) is 0 Å². The first kappa shape index (κ1) is 14.5. The summed E-state index contributed by atoms with van der Waals surface area (Å²) in [7, 11) is 0. The monoisotopic (exact) mass is 276 g/mol. The van der Waals surface area contributed by atoms with Gasteiger partial charge in [0.15, 0.2) is 0 Å². The molecule has 108 valence electrons. The van der Waals surface area contributed by atoms with Crippen LogP contribution in [-0.4, -0.2) is 34.5 Å². The minimum absolute atomic E-state index is 0.110. The van der Waals surface area contributed by atoms with Gasteiger partial charge in [0, 0.05) is 18.5 Å². The molecular weight excluding hydrogens is 256 g/mol. The number of carboxylic acid groups (broad SMARTS) is 1. The van der Waals surface area contributed by atoms with E-state index in [-0.39, 0.29) is 24.5 Å². The highest BCUT2D eigenvalue weighted by Gasteiger charge is 2.33. The van der Waals surface area contributed by atoms with E-state index in [1.165, 1.54) is 4.90 Å². The SMILES string of the molecule is NC(CCC(=O)N(CC(=O)O)C1CC1)c1ccccc1. The Bertz CT molecular complexity index is 471. The lowest BCUT2D eigenvalue weighted by atomic mass is 10.0. The van der Waals surface area contributed by atoms with Gasteiger partial charge in [-0.15, -0.1) is 0 Å². The number of rotatable bonds is 7. The van der Waals surface area contributed by atoms with Crippen molar-refractivity contribution in [3.63, 3.8) is 0 Å². The minimum Gasteiger partial charge on any atom is -0.480 e. The number of aliphatic carboxylic acids is 1. The van der Waals surface area contributed by atoms with Crippen LogP contribution in [0, 0.1) is 0 Å². The molecule has 0 radical (unpaired) electrons. The van der Waals surface area contributed by atoms with Crippen molar-refractivity contribution in [2.45, 2.75) is 37.8 Å². The molecule has 5 heteroatoms. The van der Waals surface area contributed by atoms with Crippen molar-refractivity contribution in [3.8, 4) is 0 Å². The molecule has 1 aliphatic carbocycles. The average Bonchev–Trinajstić information content (AvgIpc) is 3.27. The first-order valence-corrected chi connectivity index (χ1v) is 6.89. The zero-order chi connectivity index (χ0) is 14.5. The van der Waals surface area contributed by atoms with Crippen LogP contribution in [0.15, 0.2) is 30.3 Å². The maximum absolute atomic E-state index is 12.1. The number of hydrogen-bond donors (Lipinski definition) is 2. The highest BCUT2D eigenvalue weighted by molar-refractivity contribution is 5.82. The van der Waals surface area contributed by atoms with E-state index in [9.17, 15) is 9.59 Å². The maximum Gasteiger partial charge on any atom is 0.323 e. The molecule has 0 spiro atoms. The predicted molar refractivity (Wildman–Crippen MR) is 75.0 cm³/mol.